The number of carbonyl (C=O) groups is 1. The lowest BCUT2D eigenvalue weighted by Crippen LogP contribution is -2.05. The number of carboxylic acid groups (broad SMARTS) is 1. The van der Waals surface area contributed by atoms with Crippen LogP contribution in [0.1, 0.15) is 21.5 Å². The summed E-state index contributed by atoms with van der Waals surface area (Å²) in [5.41, 5.74) is 3.31. The molecule has 0 aromatic heterocycles. The van der Waals surface area contributed by atoms with Crippen LogP contribution in [0.4, 0.5) is 5.69 Å². The molecule has 29 heavy (non-hydrogen) atoms. The van der Waals surface area contributed by atoms with Crippen molar-refractivity contribution in [2.24, 2.45) is 0 Å². The van der Waals surface area contributed by atoms with E-state index >= 15 is 0 Å². The van der Waals surface area contributed by atoms with Crippen LogP contribution in [0.2, 0.25) is 0 Å². The first kappa shape index (κ1) is 18.6. The van der Waals surface area contributed by atoms with Gasteiger partial charge in [0.2, 0.25) is 0 Å². The smallest absolute Gasteiger partial charge is 0.335 e. The molecule has 0 spiro atoms. The second kappa shape index (κ2) is 8.48. The summed E-state index contributed by atoms with van der Waals surface area (Å²) in [5.74, 6) is -0.0931. The first-order valence-electron chi connectivity index (χ1n) is 9.45. The van der Waals surface area contributed by atoms with Crippen molar-refractivity contribution in [3.05, 3.63) is 108 Å². The highest BCUT2D eigenvalue weighted by atomic mass is 16.5. The Morgan fingerprint density at radius 3 is 2.31 bits per heavy atom. The Morgan fingerprint density at radius 1 is 0.828 bits per heavy atom. The fraction of sp³-hybridized carbons (Fsp3) is 0.0800. The number of benzene rings is 4. The van der Waals surface area contributed by atoms with Gasteiger partial charge in [0.1, 0.15) is 12.4 Å². The van der Waals surface area contributed by atoms with Crippen LogP contribution in [0, 0.1) is 0 Å². The molecule has 0 radical (unpaired) electrons. The lowest BCUT2D eigenvalue weighted by molar-refractivity contribution is 0.0697. The molecule has 0 fully saturated rings. The molecule has 144 valence electrons. The summed E-state index contributed by atoms with van der Waals surface area (Å²) in [5, 5.41) is 14.7. The lowest BCUT2D eigenvalue weighted by atomic mass is 10.0. The third-order valence-corrected chi connectivity index (χ3v) is 4.84. The van der Waals surface area contributed by atoms with Crippen molar-refractivity contribution in [3.63, 3.8) is 0 Å². The maximum absolute atomic E-state index is 11.0. The van der Waals surface area contributed by atoms with Gasteiger partial charge in [0.25, 0.3) is 0 Å². The van der Waals surface area contributed by atoms with Crippen molar-refractivity contribution in [2.45, 2.75) is 13.2 Å². The number of anilines is 1. The molecule has 4 rings (SSSR count). The summed E-state index contributed by atoms with van der Waals surface area (Å²) < 4.78 is 6.15. The minimum atomic E-state index is -0.929. The van der Waals surface area contributed by atoms with Crippen molar-refractivity contribution >= 4 is 22.4 Å². The Labute approximate surface area is 169 Å². The van der Waals surface area contributed by atoms with E-state index in [0.717, 1.165) is 33.3 Å². The maximum Gasteiger partial charge on any atom is 0.335 e. The molecule has 0 bridgehead atoms. The first-order valence-corrected chi connectivity index (χ1v) is 9.45. The van der Waals surface area contributed by atoms with E-state index in [1.807, 2.05) is 48.5 Å². The van der Waals surface area contributed by atoms with Crippen LogP contribution in [0.3, 0.4) is 0 Å². The zero-order valence-corrected chi connectivity index (χ0v) is 15.8. The highest BCUT2D eigenvalue weighted by Gasteiger charge is 2.10. The molecule has 4 aromatic rings. The van der Waals surface area contributed by atoms with E-state index in [1.54, 1.807) is 24.3 Å². The van der Waals surface area contributed by atoms with Gasteiger partial charge >= 0.3 is 5.97 Å². The molecule has 0 atom stereocenters. The molecule has 0 saturated carbocycles. The molecule has 0 aliphatic heterocycles. The Hall–Kier alpha value is -3.79. The number of aromatic carboxylic acids is 1. The monoisotopic (exact) mass is 383 g/mol. The third kappa shape index (κ3) is 4.38. The van der Waals surface area contributed by atoms with Crippen molar-refractivity contribution < 1.29 is 14.6 Å². The fourth-order valence-electron chi connectivity index (χ4n) is 3.29. The van der Waals surface area contributed by atoms with Gasteiger partial charge in [-0.3, -0.25) is 0 Å². The Morgan fingerprint density at radius 2 is 1.55 bits per heavy atom. The number of rotatable bonds is 7. The largest absolute Gasteiger partial charge is 0.489 e. The summed E-state index contributed by atoms with van der Waals surface area (Å²) in [6, 6.07) is 29.1. The van der Waals surface area contributed by atoms with E-state index in [1.165, 1.54) is 0 Å². The summed E-state index contributed by atoms with van der Waals surface area (Å²) in [4.78, 5) is 11.0. The zero-order valence-electron chi connectivity index (χ0n) is 15.8. The van der Waals surface area contributed by atoms with Crippen LogP contribution in [-0.4, -0.2) is 11.1 Å². The van der Waals surface area contributed by atoms with Gasteiger partial charge in [0, 0.05) is 17.8 Å². The van der Waals surface area contributed by atoms with Gasteiger partial charge < -0.3 is 15.2 Å². The lowest BCUT2D eigenvalue weighted by Gasteiger charge is -2.16. The summed E-state index contributed by atoms with van der Waals surface area (Å²) in [6.07, 6.45) is 0. The predicted octanol–water partition coefficient (Wildman–Crippen LogP) is 5.73. The van der Waals surface area contributed by atoms with Gasteiger partial charge in [0.05, 0.1) is 5.56 Å². The minimum Gasteiger partial charge on any atom is -0.489 e. The van der Waals surface area contributed by atoms with E-state index in [4.69, 9.17) is 9.84 Å². The molecule has 0 saturated heterocycles. The Bertz CT molecular complexity index is 1120. The van der Waals surface area contributed by atoms with Crippen molar-refractivity contribution in [1.29, 1.82) is 0 Å². The molecule has 0 amide bonds. The van der Waals surface area contributed by atoms with Gasteiger partial charge in [-0.15, -0.1) is 0 Å². The van der Waals surface area contributed by atoms with E-state index in [0.29, 0.717) is 13.2 Å². The second-order valence-electron chi connectivity index (χ2n) is 6.77. The average molecular weight is 383 g/mol. The molecular formula is C25H21NO3. The normalized spacial score (nSPS) is 10.6. The van der Waals surface area contributed by atoms with Gasteiger partial charge in [-0.25, -0.2) is 4.79 Å². The Balaban J connectivity index is 1.59. The molecular weight excluding hydrogens is 362 g/mol. The van der Waals surface area contributed by atoms with Crippen LogP contribution in [0.5, 0.6) is 5.75 Å². The summed E-state index contributed by atoms with van der Waals surface area (Å²) in [7, 11) is 0. The summed E-state index contributed by atoms with van der Waals surface area (Å²) in [6.45, 7) is 1.07. The van der Waals surface area contributed by atoms with E-state index in [-0.39, 0.29) is 5.56 Å². The number of carboxylic acids is 1. The average Bonchev–Trinajstić information content (AvgIpc) is 2.77. The molecule has 0 aliphatic rings. The number of fused-ring (bicyclic) bond motifs is 1. The van der Waals surface area contributed by atoms with E-state index < -0.39 is 5.97 Å². The first-order chi connectivity index (χ1) is 14.2. The number of nitrogens with one attached hydrogen (secondary N) is 1. The van der Waals surface area contributed by atoms with Crippen LogP contribution in [0.25, 0.3) is 10.8 Å². The molecule has 2 N–H and O–H groups in total. The molecule has 0 heterocycles. The topological polar surface area (TPSA) is 58.6 Å². The van der Waals surface area contributed by atoms with Crippen molar-refractivity contribution in [2.75, 3.05) is 5.32 Å². The highest BCUT2D eigenvalue weighted by molar-refractivity contribution is 5.89. The van der Waals surface area contributed by atoms with Crippen molar-refractivity contribution in [3.8, 4) is 5.75 Å². The van der Waals surface area contributed by atoms with Gasteiger partial charge in [-0.05, 0) is 46.7 Å². The fourth-order valence-corrected chi connectivity index (χ4v) is 3.29. The van der Waals surface area contributed by atoms with Crippen LogP contribution < -0.4 is 10.1 Å². The number of hydrogen-bond acceptors (Lipinski definition) is 3. The highest BCUT2D eigenvalue weighted by Crippen LogP contribution is 2.29. The maximum atomic E-state index is 11.0. The predicted molar refractivity (Wildman–Crippen MR) is 115 cm³/mol. The van der Waals surface area contributed by atoms with Gasteiger partial charge in [0.15, 0.2) is 0 Å². The van der Waals surface area contributed by atoms with Crippen molar-refractivity contribution in [1.82, 2.24) is 0 Å². The van der Waals surface area contributed by atoms with Gasteiger partial charge in [-0.1, -0.05) is 60.7 Å². The van der Waals surface area contributed by atoms with Crippen LogP contribution >= 0.6 is 0 Å². The molecule has 4 nitrogen and oxygen atoms in total. The van der Waals surface area contributed by atoms with E-state index in [9.17, 15) is 4.79 Å². The molecule has 4 heteroatoms. The zero-order chi connectivity index (χ0) is 20.1. The summed E-state index contributed by atoms with van der Waals surface area (Å²) >= 11 is 0. The van der Waals surface area contributed by atoms with E-state index in [2.05, 4.69) is 23.5 Å². The number of hydrogen-bond donors (Lipinski definition) is 2. The van der Waals surface area contributed by atoms with Crippen LogP contribution in [-0.2, 0) is 13.2 Å². The SMILES string of the molecule is O=C(O)c1ccc(NCc2c(OCc3ccccc3)ccc3ccccc23)cc1. The molecule has 4 aromatic carbocycles. The third-order valence-electron chi connectivity index (χ3n) is 4.84. The second-order valence-corrected chi connectivity index (χ2v) is 6.77. The minimum absolute atomic E-state index is 0.271. The standard InChI is InChI=1S/C25H21NO3/c27-25(28)20-10-13-21(14-11-20)26-16-23-22-9-5-4-8-19(22)12-15-24(23)29-17-18-6-2-1-3-7-18/h1-15,26H,16-17H2,(H,27,28). The molecule has 0 unspecified atom stereocenters. The quantitative estimate of drug-likeness (QED) is 0.428. The number of ether oxygens (including phenoxy) is 1. The van der Waals surface area contributed by atoms with Gasteiger partial charge in [-0.2, -0.15) is 0 Å². The molecule has 0 aliphatic carbocycles. The Kier molecular flexibility index (Phi) is 5.43. The van der Waals surface area contributed by atoms with Crippen LogP contribution in [0.15, 0.2) is 91.0 Å².